The highest BCUT2D eigenvalue weighted by Gasteiger charge is 2.14. The normalized spacial score (nSPS) is 16.5. The average Bonchev–Trinajstić information content (AvgIpc) is 2.30. The van der Waals surface area contributed by atoms with E-state index in [1.54, 1.807) is 0 Å². The van der Waals surface area contributed by atoms with Crippen LogP contribution in [0.1, 0.15) is 17.2 Å². The molecule has 3 nitrogen and oxygen atoms in total. The van der Waals surface area contributed by atoms with Crippen LogP contribution in [0.25, 0.3) is 0 Å². The van der Waals surface area contributed by atoms with Gasteiger partial charge in [0.15, 0.2) is 0 Å². The lowest BCUT2D eigenvalue weighted by Gasteiger charge is -2.12. The van der Waals surface area contributed by atoms with Crippen LogP contribution in [0.3, 0.4) is 0 Å². The van der Waals surface area contributed by atoms with Crippen LogP contribution >= 0.6 is 0 Å². The van der Waals surface area contributed by atoms with Crippen molar-refractivity contribution < 1.29 is 0 Å². The van der Waals surface area contributed by atoms with E-state index in [0.717, 1.165) is 25.3 Å². The summed E-state index contributed by atoms with van der Waals surface area (Å²) in [5.41, 5.74) is 2.64. The van der Waals surface area contributed by atoms with Crippen molar-refractivity contribution in [3.63, 3.8) is 0 Å². The van der Waals surface area contributed by atoms with Crippen molar-refractivity contribution in [2.45, 2.75) is 19.9 Å². The summed E-state index contributed by atoms with van der Waals surface area (Å²) in [6.45, 7) is 4.08. The van der Waals surface area contributed by atoms with Gasteiger partial charge in [-0.1, -0.05) is 0 Å². The Hall–Kier alpha value is -0.830. The molecule has 0 aromatic carbocycles. The fourth-order valence-electron chi connectivity index (χ4n) is 1.59. The van der Waals surface area contributed by atoms with E-state index in [2.05, 4.69) is 28.8 Å². The maximum absolute atomic E-state index is 4.45. The Morgan fingerprint density at radius 3 is 3.09 bits per heavy atom. The first-order valence-electron chi connectivity index (χ1n) is 4.01. The molecular formula is C8H13N3. The molecule has 0 spiro atoms. The van der Waals surface area contributed by atoms with Gasteiger partial charge in [-0.2, -0.15) is 0 Å². The lowest BCUT2D eigenvalue weighted by Crippen LogP contribution is -2.24. The van der Waals surface area contributed by atoms with E-state index in [1.807, 2.05) is 0 Å². The van der Waals surface area contributed by atoms with E-state index in [9.17, 15) is 0 Å². The van der Waals surface area contributed by atoms with Gasteiger partial charge in [-0.15, -0.1) is 0 Å². The van der Waals surface area contributed by atoms with Crippen LogP contribution in [0.2, 0.25) is 0 Å². The molecule has 3 heteroatoms. The topological polar surface area (TPSA) is 29.9 Å². The number of rotatable bonds is 0. The Morgan fingerprint density at radius 1 is 1.55 bits per heavy atom. The zero-order valence-corrected chi connectivity index (χ0v) is 7.02. The van der Waals surface area contributed by atoms with Crippen LogP contribution in [-0.4, -0.2) is 16.1 Å². The van der Waals surface area contributed by atoms with Gasteiger partial charge < -0.3 is 9.88 Å². The van der Waals surface area contributed by atoms with Crippen LogP contribution in [0.4, 0.5) is 0 Å². The van der Waals surface area contributed by atoms with E-state index in [4.69, 9.17) is 0 Å². The Kier molecular flexibility index (Phi) is 1.46. The highest BCUT2D eigenvalue weighted by Crippen LogP contribution is 2.13. The number of nitrogens with one attached hydrogen (secondary N) is 1. The quantitative estimate of drug-likeness (QED) is 0.580. The lowest BCUT2D eigenvalue weighted by atomic mass is 10.2. The molecule has 2 heterocycles. The van der Waals surface area contributed by atoms with Gasteiger partial charge in [-0.05, 0) is 6.92 Å². The molecule has 1 N–H and O–H groups in total. The molecule has 0 saturated heterocycles. The Balaban J connectivity index is 2.50. The predicted molar refractivity (Wildman–Crippen MR) is 43.4 cm³/mol. The molecule has 60 valence electrons. The Morgan fingerprint density at radius 2 is 2.36 bits per heavy atom. The number of imidazole rings is 1. The largest absolute Gasteiger partial charge is 0.335 e. The molecule has 0 atom stereocenters. The maximum atomic E-state index is 4.45. The molecule has 0 aliphatic carbocycles. The predicted octanol–water partition coefficient (Wildman–Crippen LogP) is 0.374. The number of hydrogen-bond donors (Lipinski definition) is 1. The van der Waals surface area contributed by atoms with Gasteiger partial charge in [-0.3, -0.25) is 0 Å². The molecule has 0 unspecified atom stereocenters. The SMILES string of the molecule is Cc1nc2c(n1C)CCNC2. The molecule has 1 aliphatic rings. The molecule has 11 heavy (non-hydrogen) atoms. The zero-order chi connectivity index (χ0) is 7.84. The first kappa shape index (κ1) is 6.85. The highest BCUT2D eigenvalue weighted by molar-refractivity contribution is 5.19. The smallest absolute Gasteiger partial charge is 0.105 e. The van der Waals surface area contributed by atoms with Crippen molar-refractivity contribution in [3.8, 4) is 0 Å². The van der Waals surface area contributed by atoms with Crippen molar-refractivity contribution in [1.29, 1.82) is 0 Å². The summed E-state index contributed by atoms with van der Waals surface area (Å²) in [7, 11) is 2.09. The third kappa shape index (κ3) is 0.959. The zero-order valence-electron chi connectivity index (χ0n) is 7.02. The molecule has 0 radical (unpaired) electrons. The average molecular weight is 151 g/mol. The van der Waals surface area contributed by atoms with Gasteiger partial charge in [0, 0.05) is 32.3 Å². The Labute approximate surface area is 66.4 Å². The van der Waals surface area contributed by atoms with Crippen molar-refractivity contribution in [2.24, 2.45) is 7.05 Å². The standard InChI is InChI=1S/C8H13N3/c1-6-10-7-5-9-4-3-8(7)11(6)2/h9H,3-5H2,1-2H3. The van der Waals surface area contributed by atoms with Gasteiger partial charge in [0.1, 0.15) is 5.82 Å². The number of aryl methyl sites for hydroxylation is 1. The number of hydrogen-bond acceptors (Lipinski definition) is 2. The number of nitrogens with zero attached hydrogens (tertiary/aromatic N) is 2. The van der Waals surface area contributed by atoms with Crippen molar-refractivity contribution in [1.82, 2.24) is 14.9 Å². The minimum atomic E-state index is 0.941. The summed E-state index contributed by atoms with van der Waals surface area (Å²) >= 11 is 0. The van der Waals surface area contributed by atoms with Gasteiger partial charge in [0.2, 0.25) is 0 Å². The van der Waals surface area contributed by atoms with Gasteiger partial charge in [-0.25, -0.2) is 4.98 Å². The number of aromatic nitrogens is 2. The second-order valence-electron chi connectivity index (χ2n) is 3.04. The summed E-state index contributed by atoms with van der Waals surface area (Å²) in [6, 6.07) is 0. The second-order valence-corrected chi connectivity index (χ2v) is 3.04. The molecule has 0 saturated carbocycles. The van der Waals surface area contributed by atoms with E-state index in [-0.39, 0.29) is 0 Å². The minimum Gasteiger partial charge on any atom is -0.335 e. The van der Waals surface area contributed by atoms with Gasteiger partial charge in [0.05, 0.1) is 5.69 Å². The van der Waals surface area contributed by atoms with Gasteiger partial charge in [0.25, 0.3) is 0 Å². The van der Waals surface area contributed by atoms with Crippen molar-refractivity contribution in [2.75, 3.05) is 6.54 Å². The molecule has 0 bridgehead atoms. The van der Waals surface area contributed by atoms with Crippen LogP contribution in [0.15, 0.2) is 0 Å². The summed E-state index contributed by atoms with van der Waals surface area (Å²) in [5, 5.41) is 3.31. The third-order valence-corrected chi connectivity index (χ3v) is 2.35. The van der Waals surface area contributed by atoms with E-state index in [0.29, 0.717) is 0 Å². The molecule has 0 amide bonds. The minimum absolute atomic E-state index is 0.941. The molecule has 0 fully saturated rings. The summed E-state index contributed by atoms with van der Waals surface area (Å²) in [6.07, 6.45) is 1.12. The Bertz CT molecular complexity index is 275. The molecule has 1 aliphatic heterocycles. The second kappa shape index (κ2) is 2.34. The van der Waals surface area contributed by atoms with E-state index < -0.39 is 0 Å². The van der Waals surface area contributed by atoms with Crippen LogP contribution in [-0.2, 0) is 20.0 Å². The molecule has 1 aromatic heterocycles. The first-order chi connectivity index (χ1) is 5.29. The summed E-state index contributed by atoms with van der Waals surface area (Å²) in [5.74, 6) is 1.12. The molecule has 2 rings (SSSR count). The number of fused-ring (bicyclic) bond motifs is 1. The molecular weight excluding hydrogens is 138 g/mol. The molecule has 1 aromatic rings. The van der Waals surface area contributed by atoms with Crippen LogP contribution in [0, 0.1) is 6.92 Å². The lowest BCUT2D eigenvalue weighted by molar-refractivity contribution is 0.611. The monoisotopic (exact) mass is 151 g/mol. The fraction of sp³-hybridized carbons (Fsp3) is 0.625. The van der Waals surface area contributed by atoms with E-state index >= 15 is 0 Å². The first-order valence-corrected chi connectivity index (χ1v) is 4.01. The van der Waals surface area contributed by atoms with Gasteiger partial charge >= 0.3 is 0 Å². The summed E-state index contributed by atoms with van der Waals surface area (Å²) in [4.78, 5) is 4.45. The van der Waals surface area contributed by atoms with Crippen LogP contribution in [0.5, 0.6) is 0 Å². The highest BCUT2D eigenvalue weighted by atomic mass is 15.1. The summed E-state index contributed by atoms with van der Waals surface area (Å²) < 4.78 is 2.19. The van der Waals surface area contributed by atoms with Crippen molar-refractivity contribution >= 4 is 0 Å². The fourth-order valence-corrected chi connectivity index (χ4v) is 1.59. The third-order valence-electron chi connectivity index (χ3n) is 2.35. The van der Waals surface area contributed by atoms with Crippen molar-refractivity contribution in [3.05, 3.63) is 17.2 Å². The van der Waals surface area contributed by atoms with E-state index in [1.165, 1.54) is 11.4 Å². The van der Waals surface area contributed by atoms with Crippen LogP contribution < -0.4 is 5.32 Å². The maximum Gasteiger partial charge on any atom is 0.105 e.